The summed E-state index contributed by atoms with van der Waals surface area (Å²) in [6, 6.07) is 0. The van der Waals surface area contributed by atoms with Crippen LogP contribution in [0.3, 0.4) is 0 Å². The molecule has 0 N–H and O–H groups in total. The zero-order valence-corrected chi connectivity index (χ0v) is 10.6. The molecule has 0 aromatic carbocycles. The molecule has 86 valence electrons. The van der Waals surface area contributed by atoms with Crippen LogP contribution < -0.4 is 0 Å². The summed E-state index contributed by atoms with van der Waals surface area (Å²) in [5.74, 6) is -0.149. The highest BCUT2D eigenvalue weighted by molar-refractivity contribution is 5.66. The van der Waals surface area contributed by atoms with Crippen LogP contribution in [0.2, 0.25) is 0 Å². The molecule has 0 aromatic rings. The van der Waals surface area contributed by atoms with Crippen molar-refractivity contribution in [1.82, 2.24) is 0 Å². The Labute approximate surface area is 89.0 Å². The molecule has 1 aliphatic rings. The van der Waals surface area contributed by atoms with Crippen LogP contribution in [0.4, 0.5) is 0 Å². The maximum absolute atomic E-state index is 10.6. The van der Waals surface area contributed by atoms with Gasteiger partial charge >= 0.3 is 5.97 Å². The first-order valence-corrected chi connectivity index (χ1v) is 5.82. The van der Waals surface area contributed by atoms with Crippen molar-refractivity contribution in [2.24, 2.45) is 0 Å². The summed E-state index contributed by atoms with van der Waals surface area (Å²) in [6.07, 6.45) is 4.46. The highest BCUT2D eigenvalue weighted by atomic mass is 16.6. The maximum atomic E-state index is 10.6. The number of ether oxygens (including phenoxy) is 1. The van der Waals surface area contributed by atoms with Gasteiger partial charge in [0.1, 0.15) is 5.60 Å². The molecule has 0 bridgehead atoms. The average molecular weight is 202 g/mol. The largest absolute Gasteiger partial charge is 0.460 e. The maximum Gasteiger partial charge on any atom is 0.303 e. The first kappa shape index (κ1) is 15.9. The van der Waals surface area contributed by atoms with Gasteiger partial charge in [-0.25, -0.2) is 0 Å². The van der Waals surface area contributed by atoms with Gasteiger partial charge in [0.05, 0.1) is 0 Å². The van der Waals surface area contributed by atoms with Crippen LogP contribution in [-0.4, -0.2) is 11.6 Å². The highest BCUT2D eigenvalue weighted by Crippen LogP contribution is 2.32. The zero-order valence-electron chi connectivity index (χ0n) is 10.6. The molecule has 1 rings (SSSR count). The van der Waals surface area contributed by atoms with Crippen LogP contribution in [0.1, 0.15) is 67.2 Å². The third-order valence-electron chi connectivity index (χ3n) is 2.05. The van der Waals surface area contributed by atoms with Crippen LogP contribution >= 0.6 is 0 Å². The molecule has 1 saturated carbocycles. The minimum Gasteiger partial charge on any atom is -0.460 e. The molecule has 0 spiro atoms. The Bertz CT molecular complexity index is 135. The number of carbonyl (C=O) groups is 1. The standard InChI is InChI=1S/C8H14O2.2C2H6/c1-7(9)10-8(2)5-3-4-6-8;2*1-2/h3-6H2,1-2H3;2*1-2H3. The van der Waals surface area contributed by atoms with E-state index >= 15 is 0 Å². The van der Waals surface area contributed by atoms with Crippen LogP contribution in [0.15, 0.2) is 0 Å². The van der Waals surface area contributed by atoms with Gasteiger partial charge < -0.3 is 4.74 Å². The van der Waals surface area contributed by atoms with Gasteiger partial charge in [-0.05, 0) is 32.6 Å². The Morgan fingerprint density at radius 1 is 1.07 bits per heavy atom. The van der Waals surface area contributed by atoms with Crippen LogP contribution in [0, 0.1) is 0 Å². The number of rotatable bonds is 1. The molecule has 0 radical (unpaired) electrons. The quantitative estimate of drug-likeness (QED) is 0.602. The molecular weight excluding hydrogens is 176 g/mol. The number of hydrogen-bond donors (Lipinski definition) is 0. The first-order chi connectivity index (χ1) is 6.62. The fraction of sp³-hybridized carbons (Fsp3) is 0.917. The molecule has 0 amide bonds. The molecule has 14 heavy (non-hydrogen) atoms. The lowest BCUT2D eigenvalue weighted by atomic mass is 10.1. The summed E-state index contributed by atoms with van der Waals surface area (Å²) >= 11 is 0. The summed E-state index contributed by atoms with van der Waals surface area (Å²) < 4.78 is 5.16. The van der Waals surface area contributed by atoms with Gasteiger partial charge in [-0.2, -0.15) is 0 Å². The van der Waals surface area contributed by atoms with E-state index in [2.05, 4.69) is 0 Å². The predicted molar refractivity (Wildman–Crippen MR) is 61.3 cm³/mol. The van der Waals surface area contributed by atoms with Gasteiger partial charge in [0.25, 0.3) is 0 Å². The highest BCUT2D eigenvalue weighted by Gasteiger charge is 2.31. The van der Waals surface area contributed by atoms with E-state index in [4.69, 9.17) is 4.74 Å². The Morgan fingerprint density at radius 3 is 1.71 bits per heavy atom. The van der Waals surface area contributed by atoms with Crippen LogP contribution in [-0.2, 0) is 9.53 Å². The van der Waals surface area contributed by atoms with Crippen LogP contribution in [0.5, 0.6) is 0 Å². The molecule has 0 aliphatic heterocycles. The van der Waals surface area contributed by atoms with Gasteiger partial charge in [-0.15, -0.1) is 0 Å². The SMILES string of the molecule is CC.CC.CC(=O)OC1(C)CCCC1. The molecular formula is C12H26O2. The fourth-order valence-electron chi connectivity index (χ4n) is 1.57. The minimum absolute atomic E-state index is 0.133. The normalized spacial score (nSPS) is 17.0. The molecule has 0 atom stereocenters. The molecule has 1 fully saturated rings. The van der Waals surface area contributed by atoms with Crippen molar-refractivity contribution in [3.8, 4) is 0 Å². The lowest BCUT2D eigenvalue weighted by Crippen LogP contribution is -2.26. The number of hydrogen-bond acceptors (Lipinski definition) is 2. The molecule has 0 saturated heterocycles. The van der Waals surface area contributed by atoms with Crippen molar-refractivity contribution >= 4 is 5.97 Å². The monoisotopic (exact) mass is 202 g/mol. The second kappa shape index (κ2) is 9.04. The predicted octanol–water partition coefficient (Wildman–Crippen LogP) is 3.93. The smallest absolute Gasteiger partial charge is 0.303 e. The summed E-state index contributed by atoms with van der Waals surface area (Å²) in [4.78, 5) is 10.6. The van der Waals surface area contributed by atoms with Crippen molar-refractivity contribution in [1.29, 1.82) is 0 Å². The second-order valence-corrected chi connectivity index (χ2v) is 3.25. The average Bonchev–Trinajstić information content (AvgIpc) is 2.57. The summed E-state index contributed by atoms with van der Waals surface area (Å²) in [5, 5.41) is 0. The van der Waals surface area contributed by atoms with Crippen LogP contribution in [0.25, 0.3) is 0 Å². The van der Waals surface area contributed by atoms with E-state index in [1.54, 1.807) is 0 Å². The summed E-state index contributed by atoms with van der Waals surface area (Å²) in [5.41, 5.74) is -0.133. The third-order valence-corrected chi connectivity index (χ3v) is 2.05. The topological polar surface area (TPSA) is 26.3 Å². The van der Waals surface area contributed by atoms with E-state index < -0.39 is 0 Å². The van der Waals surface area contributed by atoms with E-state index in [0.29, 0.717) is 0 Å². The van der Waals surface area contributed by atoms with Gasteiger partial charge in [-0.3, -0.25) is 4.79 Å². The Kier molecular flexibility index (Phi) is 10.3. The van der Waals surface area contributed by atoms with Crippen molar-refractivity contribution in [3.05, 3.63) is 0 Å². The lowest BCUT2D eigenvalue weighted by molar-refractivity contribution is -0.154. The molecule has 2 nitrogen and oxygen atoms in total. The first-order valence-electron chi connectivity index (χ1n) is 5.82. The van der Waals surface area contributed by atoms with E-state index in [1.807, 2.05) is 34.6 Å². The van der Waals surface area contributed by atoms with Crippen molar-refractivity contribution in [2.75, 3.05) is 0 Å². The van der Waals surface area contributed by atoms with E-state index in [-0.39, 0.29) is 11.6 Å². The minimum atomic E-state index is -0.149. The Balaban J connectivity index is 0. The fourth-order valence-corrected chi connectivity index (χ4v) is 1.57. The van der Waals surface area contributed by atoms with Gasteiger partial charge in [0, 0.05) is 6.92 Å². The zero-order chi connectivity index (χ0) is 11.6. The van der Waals surface area contributed by atoms with E-state index in [0.717, 1.165) is 12.8 Å². The van der Waals surface area contributed by atoms with Gasteiger partial charge in [-0.1, -0.05) is 27.7 Å². The van der Waals surface area contributed by atoms with E-state index in [1.165, 1.54) is 19.8 Å². The number of esters is 1. The second-order valence-electron chi connectivity index (χ2n) is 3.25. The molecule has 0 aromatic heterocycles. The van der Waals surface area contributed by atoms with Gasteiger partial charge in [0.15, 0.2) is 0 Å². The lowest BCUT2D eigenvalue weighted by Gasteiger charge is -2.22. The Morgan fingerprint density at radius 2 is 1.43 bits per heavy atom. The van der Waals surface area contributed by atoms with Crippen molar-refractivity contribution in [3.63, 3.8) is 0 Å². The van der Waals surface area contributed by atoms with Gasteiger partial charge in [0.2, 0.25) is 0 Å². The van der Waals surface area contributed by atoms with E-state index in [9.17, 15) is 4.79 Å². The Hall–Kier alpha value is -0.530. The van der Waals surface area contributed by atoms with Crippen molar-refractivity contribution in [2.45, 2.75) is 72.8 Å². The summed E-state index contributed by atoms with van der Waals surface area (Å²) in [6.45, 7) is 11.5. The summed E-state index contributed by atoms with van der Waals surface area (Å²) in [7, 11) is 0. The third kappa shape index (κ3) is 6.93. The van der Waals surface area contributed by atoms with Crippen molar-refractivity contribution < 1.29 is 9.53 Å². The number of carbonyl (C=O) groups excluding carboxylic acids is 1. The molecule has 1 aliphatic carbocycles. The molecule has 2 heteroatoms. The molecule has 0 heterocycles. The molecule has 0 unspecified atom stereocenters.